The molecule has 8 aliphatic rings. The second-order valence-corrected chi connectivity index (χ2v) is 20.1. The molecule has 48 heavy (non-hydrogen) atoms. The van der Waals surface area contributed by atoms with Crippen LogP contribution in [0.1, 0.15) is 112 Å². The molecular formula is C41H70N2O5. The highest BCUT2D eigenvalue weighted by Crippen LogP contribution is 2.89. The van der Waals surface area contributed by atoms with Crippen molar-refractivity contribution in [2.45, 2.75) is 137 Å². The highest BCUT2D eigenvalue weighted by Gasteiger charge is 2.83. The highest BCUT2D eigenvalue weighted by molar-refractivity contribution is 5.31. The minimum atomic E-state index is -0.180. The largest absolute Gasteiger partial charge is 0.393 e. The number of hydrogen-bond donors (Lipinski definition) is 1. The second kappa shape index (κ2) is 12.1. The number of ether oxygens (including phenoxy) is 4. The molecule has 0 amide bonds. The van der Waals surface area contributed by atoms with Crippen molar-refractivity contribution in [2.24, 2.45) is 56.2 Å². The van der Waals surface area contributed by atoms with E-state index >= 15 is 0 Å². The third-order valence-corrected chi connectivity index (χ3v) is 17.6. The molecule has 3 heterocycles. The molecule has 8 rings (SSSR count). The zero-order valence-electron chi connectivity index (χ0n) is 31.7. The van der Waals surface area contributed by atoms with Gasteiger partial charge < -0.3 is 29.0 Å². The van der Waals surface area contributed by atoms with Gasteiger partial charge in [0.05, 0.1) is 32.0 Å². The molecule has 0 bridgehead atoms. The lowest BCUT2D eigenvalue weighted by Gasteiger charge is -2.64. The Morgan fingerprint density at radius 3 is 2.33 bits per heavy atom. The molecule has 5 saturated carbocycles. The maximum Gasteiger partial charge on any atom is 0.170 e. The molecule has 0 radical (unpaired) electrons. The average molecular weight is 671 g/mol. The molecule has 274 valence electrons. The molecule has 11 atom stereocenters. The summed E-state index contributed by atoms with van der Waals surface area (Å²) in [6.45, 7) is 24.0. The van der Waals surface area contributed by atoms with Crippen molar-refractivity contribution in [3.05, 3.63) is 0 Å². The van der Waals surface area contributed by atoms with Crippen LogP contribution in [0.15, 0.2) is 0 Å². The van der Waals surface area contributed by atoms with E-state index in [0.717, 1.165) is 58.8 Å². The lowest BCUT2D eigenvalue weighted by atomic mass is 9.41. The number of morpholine rings is 1. The molecule has 0 aromatic rings. The smallest absolute Gasteiger partial charge is 0.170 e. The van der Waals surface area contributed by atoms with Crippen LogP contribution in [0, 0.1) is 56.2 Å². The van der Waals surface area contributed by atoms with Crippen molar-refractivity contribution in [1.82, 2.24) is 9.80 Å². The SMILES string of the molecule is COCC[C@@H](C)[C@H]1C[C@H](O)[C@@]2(C)C3CC[C@H]4C(C)(C)[C@@H](O[C@H]5CN(C6CCN(CC7(C)COC7)CC6)CCO5)CC[C@@]45C[C@@]35CC[C@]12C. The van der Waals surface area contributed by atoms with E-state index < -0.39 is 0 Å². The molecule has 7 heteroatoms. The van der Waals surface area contributed by atoms with Gasteiger partial charge in [-0.2, -0.15) is 0 Å². The fourth-order valence-corrected chi connectivity index (χ4v) is 14.8. The van der Waals surface area contributed by atoms with Gasteiger partial charge in [0.1, 0.15) is 0 Å². The van der Waals surface area contributed by atoms with Crippen molar-refractivity contribution in [2.75, 3.05) is 66.3 Å². The van der Waals surface area contributed by atoms with Gasteiger partial charge in [-0.05, 0) is 129 Å². The number of aliphatic hydroxyl groups is 1. The number of nitrogens with zero attached hydrogens (tertiary/aromatic N) is 2. The van der Waals surface area contributed by atoms with Gasteiger partial charge in [-0.25, -0.2) is 0 Å². The molecule has 3 saturated heterocycles. The summed E-state index contributed by atoms with van der Waals surface area (Å²) in [6, 6.07) is 0.651. The van der Waals surface area contributed by atoms with Crippen LogP contribution >= 0.6 is 0 Å². The summed E-state index contributed by atoms with van der Waals surface area (Å²) in [6.07, 6.45) is 13.7. The Kier molecular flexibility index (Phi) is 8.79. The van der Waals surface area contributed by atoms with E-state index in [9.17, 15) is 5.11 Å². The van der Waals surface area contributed by atoms with Crippen molar-refractivity contribution in [3.8, 4) is 0 Å². The standard InChI is InChI=1S/C41H70N2O5/c1-28(13-20-45-7)30-22-33(44)39(6)32-9-8-31-36(2,3)34(10-14-40(31)24-41(32,40)16-15-38(30,39)5)48-35-23-43(19-21-47-35)29-11-17-42(18-12-29)25-37(4)26-46-27-37/h28-35,44H,8-27H2,1-7H3/t28-,30-,31+,32?,33+,34+,35+,38-,39-,40-,41+/m1/s1. The fourth-order valence-electron chi connectivity index (χ4n) is 14.8. The molecule has 7 nitrogen and oxygen atoms in total. The number of methoxy groups -OCH3 is 1. The molecule has 1 unspecified atom stereocenters. The third-order valence-electron chi connectivity index (χ3n) is 17.6. The predicted octanol–water partition coefficient (Wildman–Crippen LogP) is 6.61. The Morgan fingerprint density at radius 1 is 0.896 bits per heavy atom. The number of rotatable bonds is 9. The minimum Gasteiger partial charge on any atom is -0.393 e. The van der Waals surface area contributed by atoms with Gasteiger partial charge in [0, 0.05) is 50.2 Å². The van der Waals surface area contributed by atoms with E-state index in [-0.39, 0.29) is 34.7 Å². The molecule has 0 aromatic carbocycles. The number of fused-ring (bicyclic) bond motifs is 2. The Hall–Kier alpha value is -0.280. The van der Waals surface area contributed by atoms with Crippen LogP contribution in [0.4, 0.5) is 0 Å². The van der Waals surface area contributed by atoms with E-state index in [1.165, 1.54) is 71.0 Å². The first-order chi connectivity index (χ1) is 22.8. The topological polar surface area (TPSA) is 63.6 Å². The molecule has 8 fully saturated rings. The molecule has 5 aliphatic carbocycles. The Balaban J connectivity index is 0.913. The van der Waals surface area contributed by atoms with Crippen molar-refractivity contribution < 1.29 is 24.1 Å². The lowest BCUT2D eigenvalue weighted by Crippen LogP contribution is -2.60. The number of piperidine rings is 1. The number of aliphatic hydroxyl groups excluding tert-OH is 1. The van der Waals surface area contributed by atoms with Crippen LogP contribution in [0.5, 0.6) is 0 Å². The summed E-state index contributed by atoms with van der Waals surface area (Å²) in [5.41, 5.74) is 1.61. The first-order valence-electron chi connectivity index (χ1n) is 20.3. The summed E-state index contributed by atoms with van der Waals surface area (Å²) in [7, 11) is 1.83. The first-order valence-corrected chi connectivity index (χ1v) is 20.3. The predicted molar refractivity (Wildman–Crippen MR) is 189 cm³/mol. The number of likely N-dealkylation sites (tertiary alicyclic amines) is 1. The van der Waals surface area contributed by atoms with Gasteiger partial charge in [-0.15, -0.1) is 0 Å². The Labute approximate surface area is 292 Å². The minimum absolute atomic E-state index is 0.0162. The van der Waals surface area contributed by atoms with Crippen LogP contribution in [0.3, 0.4) is 0 Å². The average Bonchev–Trinajstić information content (AvgIpc) is 3.67. The molecule has 2 spiro atoms. The van der Waals surface area contributed by atoms with Gasteiger partial charge in [-0.3, -0.25) is 4.90 Å². The van der Waals surface area contributed by atoms with Gasteiger partial charge in [-0.1, -0.05) is 41.5 Å². The summed E-state index contributed by atoms with van der Waals surface area (Å²) < 4.78 is 24.5. The van der Waals surface area contributed by atoms with E-state index in [4.69, 9.17) is 18.9 Å². The van der Waals surface area contributed by atoms with Gasteiger partial charge in [0.15, 0.2) is 6.29 Å². The lowest BCUT2D eigenvalue weighted by molar-refractivity contribution is -0.251. The van der Waals surface area contributed by atoms with Crippen molar-refractivity contribution >= 4 is 0 Å². The van der Waals surface area contributed by atoms with E-state index in [1.54, 1.807) is 0 Å². The molecule has 0 aromatic heterocycles. The van der Waals surface area contributed by atoms with E-state index in [2.05, 4.69) is 51.3 Å². The molecule has 3 aliphatic heterocycles. The van der Waals surface area contributed by atoms with Crippen molar-refractivity contribution in [1.29, 1.82) is 0 Å². The summed E-state index contributed by atoms with van der Waals surface area (Å²) >= 11 is 0. The van der Waals surface area contributed by atoms with Gasteiger partial charge in [0.25, 0.3) is 0 Å². The first kappa shape index (κ1) is 34.8. The normalized spacial score (nSPS) is 49.2. The fraction of sp³-hybridized carbons (Fsp3) is 1.00. The van der Waals surface area contributed by atoms with Crippen LogP contribution in [0.2, 0.25) is 0 Å². The maximum absolute atomic E-state index is 12.0. The molecule has 1 N–H and O–H groups in total. The van der Waals surface area contributed by atoms with E-state index in [1.807, 2.05) is 7.11 Å². The van der Waals surface area contributed by atoms with Gasteiger partial charge in [0.2, 0.25) is 0 Å². The van der Waals surface area contributed by atoms with Gasteiger partial charge >= 0.3 is 0 Å². The zero-order valence-corrected chi connectivity index (χ0v) is 31.7. The van der Waals surface area contributed by atoms with E-state index in [0.29, 0.717) is 46.0 Å². The molecular weight excluding hydrogens is 600 g/mol. The summed E-state index contributed by atoms with van der Waals surface area (Å²) in [4.78, 5) is 5.38. The van der Waals surface area contributed by atoms with Crippen LogP contribution in [-0.2, 0) is 18.9 Å². The second-order valence-electron chi connectivity index (χ2n) is 20.1. The summed E-state index contributed by atoms with van der Waals surface area (Å²) in [5, 5.41) is 12.0. The maximum atomic E-state index is 12.0. The third kappa shape index (κ3) is 5.04. The monoisotopic (exact) mass is 671 g/mol. The summed E-state index contributed by atoms with van der Waals surface area (Å²) in [5.74, 6) is 2.54. The van der Waals surface area contributed by atoms with Crippen LogP contribution in [0.25, 0.3) is 0 Å². The van der Waals surface area contributed by atoms with Crippen molar-refractivity contribution in [3.63, 3.8) is 0 Å². The van der Waals surface area contributed by atoms with Crippen LogP contribution < -0.4 is 0 Å². The highest BCUT2D eigenvalue weighted by atomic mass is 16.7. The Bertz CT molecular complexity index is 1190. The zero-order chi connectivity index (χ0) is 33.7. The number of hydrogen-bond acceptors (Lipinski definition) is 7. The quantitative estimate of drug-likeness (QED) is 0.296. The Morgan fingerprint density at radius 2 is 1.62 bits per heavy atom. The van der Waals surface area contributed by atoms with Crippen LogP contribution in [-0.4, -0.2) is 106 Å².